The third kappa shape index (κ3) is 4.87. The van der Waals surface area contributed by atoms with E-state index in [9.17, 15) is 14.4 Å². The fourth-order valence-corrected chi connectivity index (χ4v) is 2.91. The number of piperidine rings is 1. The molecule has 0 aliphatic carbocycles. The lowest BCUT2D eigenvalue weighted by Gasteiger charge is -2.32. The molecular weight excluding hydrogens is 346 g/mol. The van der Waals surface area contributed by atoms with Crippen molar-refractivity contribution in [2.45, 2.75) is 25.8 Å². The quantitative estimate of drug-likeness (QED) is 0.625. The summed E-state index contributed by atoms with van der Waals surface area (Å²) in [5, 5.41) is 5.31. The van der Waals surface area contributed by atoms with Gasteiger partial charge in [0.2, 0.25) is 5.95 Å². The Morgan fingerprint density at radius 1 is 1.00 bits per heavy atom. The lowest BCUT2D eigenvalue weighted by Crippen LogP contribution is -2.48. The Balaban J connectivity index is 1.47. The van der Waals surface area contributed by atoms with E-state index in [2.05, 4.69) is 25.5 Å². The number of hydrogen-bond acceptors (Lipinski definition) is 6. The van der Waals surface area contributed by atoms with Crippen LogP contribution in [0.4, 0.5) is 11.6 Å². The number of aromatic nitrogens is 2. The molecule has 0 unspecified atom stereocenters. The number of nitrogens with one attached hydrogen (secondary N) is 2. The van der Waals surface area contributed by atoms with Gasteiger partial charge in [0.1, 0.15) is 0 Å². The van der Waals surface area contributed by atoms with Crippen molar-refractivity contribution in [1.82, 2.24) is 15.3 Å². The largest absolute Gasteiger partial charge is 0.345 e. The topological polar surface area (TPSA) is 104 Å². The van der Waals surface area contributed by atoms with Crippen LogP contribution in [-0.4, -0.2) is 46.7 Å². The number of carbonyl (C=O) groups is 3. The van der Waals surface area contributed by atoms with Crippen LogP contribution >= 0.6 is 0 Å². The maximum absolute atomic E-state index is 12.1. The van der Waals surface area contributed by atoms with E-state index < -0.39 is 11.8 Å². The number of hydrogen-bond donors (Lipinski definition) is 2. The molecule has 0 spiro atoms. The molecule has 3 rings (SSSR count). The molecule has 1 aromatic heterocycles. The molecular formula is C19H21N5O3. The summed E-state index contributed by atoms with van der Waals surface area (Å²) < 4.78 is 0. The Morgan fingerprint density at radius 3 is 2.22 bits per heavy atom. The Morgan fingerprint density at radius 2 is 1.63 bits per heavy atom. The molecule has 0 bridgehead atoms. The van der Waals surface area contributed by atoms with Crippen molar-refractivity contribution in [1.29, 1.82) is 0 Å². The molecule has 2 N–H and O–H groups in total. The van der Waals surface area contributed by atoms with Gasteiger partial charge < -0.3 is 15.5 Å². The fourth-order valence-electron chi connectivity index (χ4n) is 2.91. The maximum atomic E-state index is 12.1. The van der Waals surface area contributed by atoms with Crippen LogP contribution in [0.1, 0.15) is 30.1 Å². The van der Waals surface area contributed by atoms with Gasteiger partial charge in [0.05, 0.1) is 0 Å². The van der Waals surface area contributed by atoms with E-state index in [0.717, 1.165) is 0 Å². The van der Waals surface area contributed by atoms with Crippen molar-refractivity contribution < 1.29 is 14.4 Å². The zero-order valence-electron chi connectivity index (χ0n) is 15.0. The summed E-state index contributed by atoms with van der Waals surface area (Å²) >= 11 is 0. The Kier molecular flexibility index (Phi) is 5.75. The lowest BCUT2D eigenvalue weighted by molar-refractivity contribution is -0.136. The molecule has 1 saturated heterocycles. The number of nitrogens with zero attached hydrogens (tertiary/aromatic N) is 3. The number of carbonyl (C=O) groups excluding carboxylic acids is 3. The van der Waals surface area contributed by atoms with Crippen molar-refractivity contribution >= 4 is 29.2 Å². The van der Waals surface area contributed by atoms with Crippen LogP contribution in [0.5, 0.6) is 0 Å². The van der Waals surface area contributed by atoms with Gasteiger partial charge >= 0.3 is 11.8 Å². The molecule has 0 atom stereocenters. The van der Waals surface area contributed by atoms with Gasteiger partial charge in [-0.1, -0.05) is 0 Å². The average Bonchev–Trinajstić information content (AvgIpc) is 2.69. The van der Waals surface area contributed by atoms with Crippen LogP contribution in [0.15, 0.2) is 42.7 Å². The first-order valence-corrected chi connectivity index (χ1v) is 8.78. The molecule has 0 saturated carbocycles. The van der Waals surface area contributed by atoms with Gasteiger partial charge in [-0.15, -0.1) is 0 Å². The van der Waals surface area contributed by atoms with E-state index >= 15 is 0 Å². The van der Waals surface area contributed by atoms with Gasteiger partial charge in [-0.3, -0.25) is 14.4 Å². The van der Waals surface area contributed by atoms with Gasteiger partial charge in [0.15, 0.2) is 5.78 Å². The van der Waals surface area contributed by atoms with Gasteiger partial charge in [0.25, 0.3) is 0 Å². The van der Waals surface area contributed by atoms with E-state index in [0.29, 0.717) is 43.1 Å². The Hall–Kier alpha value is -3.29. The molecule has 1 aliphatic rings. The minimum Gasteiger partial charge on any atom is -0.345 e. The van der Waals surface area contributed by atoms with Crippen molar-refractivity contribution in [3.63, 3.8) is 0 Å². The molecule has 8 nitrogen and oxygen atoms in total. The molecule has 1 fully saturated rings. The summed E-state index contributed by atoms with van der Waals surface area (Å²) in [6.07, 6.45) is 4.82. The highest BCUT2D eigenvalue weighted by molar-refractivity contribution is 6.39. The smallest absolute Gasteiger partial charge is 0.313 e. The summed E-state index contributed by atoms with van der Waals surface area (Å²) in [6.45, 7) is 2.89. The minimum absolute atomic E-state index is 0.0575. The van der Waals surface area contributed by atoms with Crippen molar-refractivity contribution in [3.05, 3.63) is 48.3 Å². The van der Waals surface area contributed by atoms with Crippen LogP contribution in [0, 0.1) is 0 Å². The molecule has 140 valence electrons. The summed E-state index contributed by atoms with van der Waals surface area (Å²) in [5.74, 6) is -0.772. The van der Waals surface area contributed by atoms with Gasteiger partial charge in [-0.25, -0.2) is 9.97 Å². The second-order valence-electron chi connectivity index (χ2n) is 6.37. The highest BCUT2D eigenvalue weighted by Gasteiger charge is 2.24. The third-order valence-corrected chi connectivity index (χ3v) is 4.42. The fraction of sp³-hybridized carbons (Fsp3) is 0.316. The minimum atomic E-state index is -0.723. The summed E-state index contributed by atoms with van der Waals surface area (Å²) in [5.41, 5.74) is 1.02. The SMILES string of the molecule is CC(=O)c1ccc(NC(=O)C(=O)NC2CCN(c3ncccn3)CC2)cc1. The van der Waals surface area contributed by atoms with Crippen LogP contribution in [-0.2, 0) is 9.59 Å². The number of anilines is 2. The third-order valence-electron chi connectivity index (χ3n) is 4.42. The van der Waals surface area contributed by atoms with Gasteiger partial charge in [-0.2, -0.15) is 0 Å². The van der Waals surface area contributed by atoms with Crippen LogP contribution in [0.3, 0.4) is 0 Å². The van der Waals surface area contributed by atoms with Crippen molar-refractivity contribution in [3.8, 4) is 0 Å². The van der Waals surface area contributed by atoms with Crippen LogP contribution in [0.2, 0.25) is 0 Å². The predicted molar refractivity (Wildman–Crippen MR) is 100 cm³/mol. The van der Waals surface area contributed by atoms with E-state index in [1.807, 2.05) is 0 Å². The monoisotopic (exact) mass is 367 g/mol. The predicted octanol–water partition coefficient (Wildman–Crippen LogP) is 1.40. The number of benzene rings is 1. The van der Waals surface area contributed by atoms with E-state index in [1.165, 1.54) is 6.92 Å². The van der Waals surface area contributed by atoms with E-state index in [1.54, 1.807) is 42.7 Å². The molecule has 2 heterocycles. The molecule has 27 heavy (non-hydrogen) atoms. The second kappa shape index (κ2) is 8.39. The average molecular weight is 367 g/mol. The first kappa shape index (κ1) is 18.5. The second-order valence-corrected chi connectivity index (χ2v) is 6.37. The highest BCUT2D eigenvalue weighted by atomic mass is 16.2. The van der Waals surface area contributed by atoms with E-state index in [-0.39, 0.29) is 11.8 Å². The van der Waals surface area contributed by atoms with Gasteiger partial charge in [0, 0.05) is 42.8 Å². The molecule has 8 heteroatoms. The Bertz CT molecular complexity index is 815. The zero-order chi connectivity index (χ0) is 19.2. The van der Waals surface area contributed by atoms with Gasteiger partial charge in [-0.05, 0) is 50.1 Å². The number of ketones is 1. The first-order chi connectivity index (χ1) is 13.0. The standard InChI is InChI=1S/C19H21N5O3/c1-13(25)14-3-5-15(6-4-14)22-17(26)18(27)23-16-7-11-24(12-8-16)19-20-9-2-10-21-19/h2-6,9-10,16H,7-8,11-12H2,1H3,(H,22,26)(H,23,27). The molecule has 1 aromatic carbocycles. The number of rotatable bonds is 4. The normalized spacial score (nSPS) is 14.5. The maximum Gasteiger partial charge on any atom is 0.313 e. The number of Topliss-reactive ketones (excluding diaryl/α,β-unsaturated/α-hetero) is 1. The summed E-state index contributed by atoms with van der Waals surface area (Å²) in [6, 6.07) is 8.11. The summed E-state index contributed by atoms with van der Waals surface area (Å²) in [4.78, 5) is 46.0. The van der Waals surface area contributed by atoms with Crippen LogP contribution < -0.4 is 15.5 Å². The van der Waals surface area contributed by atoms with E-state index in [4.69, 9.17) is 0 Å². The first-order valence-electron chi connectivity index (χ1n) is 8.78. The molecule has 0 radical (unpaired) electrons. The van der Waals surface area contributed by atoms with Crippen molar-refractivity contribution in [2.75, 3.05) is 23.3 Å². The zero-order valence-corrected chi connectivity index (χ0v) is 15.0. The molecule has 2 amide bonds. The Labute approximate surface area is 157 Å². The molecule has 2 aromatic rings. The molecule has 1 aliphatic heterocycles. The summed E-state index contributed by atoms with van der Waals surface area (Å²) in [7, 11) is 0. The highest BCUT2D eigenvalue weighted by Crippen LogP contribution is 2.15. The van der Waals surface area contributed by atoms with Crippen LogP contribution in [0.25, 0.3) is 0 Å². The van der Waals surface area contributed by atoms with Crippen molar-refractivity contribution in [2.24, 2.45) is 0 Å². The lowest BCUT2D eigenvalue weighted by atomic mass is 10.1. The number of amides is 2.